The van der Waals surface area contributed by atoms with Crippen LogP contribution in [0.15, 0.2) is 30.3 Å². The first-order valence-corrected chi connectivity index (χ1v) is 5.18. The third-order valence-electron chi connectivity index (χ3n) is 2.44. The molecule has 5 heteroatoms. The number of phenolic OH excluding ortho intramolecular Hbond substituents is 3. The lowest BCUT2D eigenvalue weighted by molar-refractivity contribution is 0.455. The van der Waals surface area contributed by atoms with Crippen LogP contribution in [0.3, 0.4) is 0 Å². The quantitative estimate of drug-likeness (QED) is 0.464. The number of rotatable bonds is 1. The molecule has 0 heterocycles. The molecule has 4 nitrogen and oxygen atoms in total. The molecule has 5 N–H and O–H groups in total. The summed E-state index contributed by atoms with van der Waals surface area (Å²) in [5.74, 6) is -0.537. The van der Waals surface area contributed by atoms with E-state index in [2.05, 4.69) is 0 Å². The fraction of sp³-hybridized carbons (Fsp3) is 0. The highest BCUT2D eigenvalue weighted by atomic mass is 35.5. The molecule has 88 valence electrons. The van der Waals surface area contributed by atoms with Crippen LogP contribution in [0.1, 0.15) is 0 Å². The molecule has 2 aromatic carbocycles. The number of aromatic hydroxyl groups is 3. The van der Waals surface area contributed by atoms with E-state index in [0.29, 0.717) is 16.1 Å². The zero-order chi connectivity index (χ0) is 12.6. The van der Waals surface area contributed by atoms with Crippen LogP contribution in [-0.2, 0) is 0 Å². The zero-order valence-corrected chi connectivity index (χ0v) is 9.44. The van der Waals surface area contributed by atoms with E-state index in [9.17, 15) is 15.3 Å². The van der Waals surface area contributed by atoms with Crippen molar-refractivity contribution in [2.24, 2.45) is 0 Å². The minimum atomic E-state index is -0.289. The van der Waals surface area contributed by atoms with E-state index in [1.165, 1.54) is 30.3 Å². The van der Waals surface area contributed by atoms with E-state index < -0.39 is 0 Å². The van der Waals surface area contributed by atoms with Crippen molar-refractivity contribution in [2.75, 3.05) is 5.73 Å². The van der Waals surface area contributed by atoms with E-state index in [1.807, 2.05) is 0 Å². The fourth-order valence-electron chi connectivity index (χ4n) is 1.54. The standard InChI is InChI=1S/C12H10ClNO3/c13-6-1-3-9(15)8(5-6)7-2-4-10(16)11(14)12(7)17/h1-5,15-17H,14H2. The topological polar surface area (TPSA) is 86.7 Å². The van der Waals surface area contributed by atoms with E-state index in [4.69, 9.17) is 17.3 Å². The zero-order valence-electron chi connectivity index (χ0n) is 8.68. The van der Waals surface area contributed by atoms with Gasteiger partial charge in [0.1, 0.15) is 22.9 Å². The molecule has 0 aliphatic rings. The van der Waals surface area contributed by atoms with Gasteiger partial charge in [0, 0.05) is 16.1 Å². The molecule has 0 saturated heterocycles. The molecule has 0 aromatic heterocycles. The second-order valence-corrected chi connectivity index (χ2v) is 3.99. The molecule has 0 fully saturated rings. The molecule has 0 saturated carbocycles. The van der Waals surface area contributed by atoms with Gasteiger partial charge in [-0.1, -0.05) is 11.6 Å². The summed E-state index contributed by atoms with van der Waals surface area (Å²) in [4.78, 5) is 0. The van der Waals surface area contributed by atoms with Crippen LogP contribution in [0.2, 0.25) is 5.02 Å². The van der Waals surface area contributed by atoms with Gasteiger partial charge in [-0.2, -0.15) is 0 Å². The van der Waals surface area contributed by atoms with Crippen LogP contribution in [0.25, 0.3) is 11.1 Å². The highest BCUT2D eigenvalue weighted by molar-refractivity contribution is 6.31. The van der Waals surface area contributed by atoms with Gasteiger partial charge in [0.15, 0.2) is 0 Å². The van der Waals surface area contributed by atoms with E-state index in [0.717, 1.165) is 0 Å². The Morgan fingerprint density at radius 1 is 0.882 bits per heavy atom. The van der Waals surface area contributed by atoms with Crippen LogP contribution >= 0.6 is 11.6 Å². The lowest BCUT2D eigenvalue weighted by Crippen LogP contribution is -1.89. The lowest BCUT2D eigenvalue weighted by atomic mass is 10.0. The number of anilines is 1. The van der Waals surface area contributed by atoms with Gasteiger partial charge in [0.25, 0.3) is 0 Å². The van der Waals surface area contributed by atoms with Gasteiger partial charge in [-0.3, -0.25) is 0 Å². The molecule has 0 aliphatic carbocycles. The number of halogens is 1. The summed E-state index contributed by atoms with van der Waals surface area (Å²) in [6, 6.07) is 7.24. The van der Waals surface area contributed by atoms with Gasteiger partial charge in [-0.15, -0.1) is 0 Å². The molecule has 0 atom stereocenters. The third kappa shape index (κ3) is 1.94. The maximum atomic E-state index is 9.81. The Balaban J connectivity index is 2.69. The molecule has 0 bridgehead atoms. The minimum absolute atomic E-state index is 0.0326. The molecule has 0 unspecified atom stereocenters. The lowest BCUT2D eigenvalue weighted by Gasteiger charge is -2.10. The summed E-state index contributed by atoms with van der Waals surface area (Å²) >= 11 is 5.82. The summed E-state index contributed by atoms with van der Waals surface area (Å²) in [6.07, 6.45) is 0. The first kappa shape index (κ1) is 11.4. The highest BCUT2D eigenvalue weighted by Crippen LogP contribution is 2.42. The molecular weight excluding hydrogens is 242 g/mol. The average molecular weight is 252 g/mol. The van der Waals surface area contributed by atoms with Crippen molar-refractivity contribution in [3.63, 3.8) is 0 Å². The van der Waals surface area contributed by atoms with Crippen molar-refractivity contribution in [1.29, 1.82) is 0 Å². The predicted octanol–water partition coefficient (Wildman–Crippen LogP) is 2.71. The highest BCUT2D eigenvalue weighted by Gasteiger charge is 2.14. The predicted molar refractivity (Wildman–Crippen MR) is 66.3 cm³/mol. The van der Waals surface area contributed by atoms with Gasteiger partial charge in [0.2, 0.25) is 0 Å². The summed E-state index contributed by atoms with van der Waals surface area (Å²) < 4.78 is 0. The maximum Gasteiger partial charge on any atom is 0.150 e. The summed E-state index contributed by atoms with van der Waals surface area (Å²) in [5.41, 5.74) is 6.01. The van der Waals surface area contributed by atoms with Crippen LogP contribution in [-0.4, -0.2) is 15.3 Å². The van der Waals surface area contributed by atoms with Gasteiger partial charge in [-0.25, -0.2) is 0 Å². The first-order chi connectivity index (χ1) is 8.00. The van der Waals surface area contributed by atoms with E-state index in [-0.39, 0.29) is 22.9 Å². The number of phenols is 3. The third-order valence-corrected chi connectivity index (χ3v) is 2.68. The van der Waals surface area contributed by atoms with Crippen LogP contribution in [0, 0.1) is 0 Å². The molecule has 0 spiro atoms. The second kappa shape index (κ2) is 4.07. The monoisotopic (exact) mass is 251 g/mol. The number of hydrogen-bond acceptors (Lipinski definition) is 4. The van der Waals surface area contributed by atoms with Gasteiger partial charge < -0.3 is 21.1 Å². The maximum absolute atomic E-state index is 9.81. The Morgan fingerprint density at radius 2 is 1.53 bits per heavy atom. The first-order valence-electron chi connectivity index (χ1n) is 4.80. The van der Waals surface area contributed by atoms with Crippen molar-refractivity contribution < 1.29 is 15.3 Å². The molecule has 2 rings (SSSR count). The number of hydrogen-bond donors (Lipinski definition) is 4. The Kier molecular flexibility index (Phi) is 2.73. The molecule has 17 heavy (non-hydrogen) atoms. The van der Waals surface area contributed by atoms with Crippen molar-refractivity contribution >= 4 is 17.3 Å². The SMILES string of the molecule is Nc1c(O)ccc(-c2cc(Cl)ccc2O)c1O. The Bertz CT molecular complexity index is 584. The Hall–Kier alpha value is -2.07. The average Bonchev–Trinajstić information content (AvgIpc) is 2.30. The minimum Gasteiger partial charge on any atom is -0.507 e. The molecule has 0 amide bonds. The van der Waals surface area contributed by atoms with E-state index in [1.54, 1.807) is 0 Å². The number of nitrogens with two attached hydrogens (primary N) is 1. The van der Waals surface area contributed by atoms with Crippen LogP contribution < -0.4 is 5.73 Å². The number of nitrogen functional groups attached to an aromatic ring is 1. The van der Waals surface area contributed by atoms with Crippen LogP contribution in [0.4, 0.5) is 5.69 Å². The summed E-state index contributed by atoms with van der Waals surface area (Å²) in [7, 11) is 0. The Morgan fingerprint density at radius 3 is 2.24 bits per heavy atom. The van der Waals surface area contributed by atoms with Crippen molar-refractivity contribution in [2.45, 2.75) is 0 Å². The van der Waals surface area contributed by atoms with Gasteiger partial charge in [-0.05, 0) is 30.3 Å². The molecular formula is C12H10ClNO3. The van der Waals surface area contributed by atoms with E-state index >= 15 is 0 Å². The van der Waals surface area contributed by atoms with Crippen molar-refractivity contribution in [1.82, 2.24) is 0 Å². The Labute approximate surface area is 103 Å². The van der Waals surface area contributed by atoms with Crippen molar-refractivity contribution in [3.05, 3.63) is 35.4 Å². The normalized spacial score (nSPS) is 10.4. The molecule has 2 aromatic rings. The van der Waals surface area contributed by atoms with Crippen LogP contribution in [0.5, 0.6) is 17.2 Å². The van der Waals surface area contributed by atoms with Gasteiger partial charge >= 0.3 is 0 Å². The summed E-state index contributed by atoms with van der Waals surface area (Å²) in [6.45, 7) is 0. The fourth-order valence-corrected chi connectivity index (χ4v) is 1.71. The van der Waals surface area contributed by atoms with Crippen molar-refractivity contribution in [3.8, 4) is 28.4 Å². The van der Waals surface area contributed by atoms with Gasteiger partial charge in [0.05, 0.1) is 0 Å². The smallest absolute Gasteiger partial charge is 0.150 e. The second-order valence-electron chi connectivity index (χ2n) is 3.56. The summed E-state index contributed by atoms with van der Waals surface area (Å²) in [5, 5.41) is 29.2. The number of benzene rings is 2. The molecule has 0 radical (unpaired) electrons. The largest absolute Gasteiger partial charge is 0.507 e. The molecule has 0 aliphatic heterocycles.